The highest BCUT2D eigenvalue weighted by atomic mass is 32.1. The number of ether oxygens (including phenoxy) is 1. The summed E-state index contributed by atoms with van der Waals surface area (Å²) in [4.78, 5) is 12.4. The number of methoxy groups -OCH3 is 1. The molecule has 3 rings (SSSR count). The third kappa shape index (κ3) is 4.90. The Labute approximate surface area is 163 Å². The molecule has 0 saturated carbocycles. The van der Waals surface area contributed by atoms with Crippen LogP contribution in [0.5, 0.6) is 0 Å². The van der Waals surface area contributed by atoms with Crippen molar-refractivity contribution in [3.8, 4) is 11.4 Å². The van der Waals surface area contributed by atoms with Gasteiger partial charge in [0.05, 0.1) is 6.61 Å². The summed E-state index contributed by atoms with van der Waals surface area (Å²) in [7, 11) is 1.64. The lowest BCUT2D eigenvalue weighted by Gasteiger charge is -2.09. The second-order valence-corrected chi connectivity index (χ2v) is 6.69. The van der Waals surface area contributed by atoms with Gasteiger partial charge in [-0.3, -0.25) is 14.5 Å². The van der Waals surface area contributed by atoms with Gasteiger partial charge in [-0.15, -0.1) is 0 Å². The number of amides is 1. The average Bonchev–Trinajstić information content (AvgIpc) is 3.02. The van der Waals surface area contributed by atoms with Gasteiger partial charge in [-0.1, -0.05) is 42.0 Å². The van der Waals surface area contributed by atoms with Crippen LogP contribution in [0.1, 0.15) is 17.5 Å². The predicted molar refractivity (Wildman–Crippen MR) is 108 cm³/mol. The smallest absolute Gasteiger partial charge is 0.226 e. The quantitative estimate of drug-likeness (QED) is 0.604. The Balaban J connectivity index is 1.67. The van der Waals surface area contributed by atoms with E-state index in [0.29, 0.717) is 24.3 Å². The maximum Gasteiger partial charge on any atom is 0.226 e. The topological polar surface area (TPSA) is 71.9 Å². The van der Waals surface area contributed by atoms with Crippen molar-refractivity contribution < 1.29 is 9.53 Å². The Kier molecular flexibility index (Phi) is 6.16. The first-order valence-corrected chi connectivity index (χ1v) is 9.07. The molecule has 1 aromatic heterocycles. The number of hydrogen-bond donors (Lipinski definition) is 2. The van der Waals surface area contributed by atoms with Crippen LogP contribution in [0.15, 0.2) is 48.5 Å². The van der Waals surface area contributed by atoms with Crippen molar-refractivity contribution in [3.05, 3.63) is 64.4 Å². The molecule has 1 amide bonds. The van der Waals surface area contributed by atoms with Gasteiger partial charge in [0.25, 0.3) is 0 Å². The number of nitrogens with one attached hydrogen (secondary N) is 2. The highest BCUT2D eigenvalue weighted by Gasteiger charge is 2.11. The third-order valence-corrected chi connectivity index (χ3v) is 4.46. The lowest BCUT2D eigenvalue weighted by atomic mass is 10.1. The number of carbonyl (C=O) groups excluding carboxylic acids is 1. The number of hydrogen-bond acceptors (Lipinski definition) is 4. The zero-order valence-corrected chi connectivity index (χ0v) is 16.2. The number of aryl methyl sites for hydroxylation is 1. The highest BCUT2D eigenvalue weighted by molar-refractivity contribution is 7.71. The van der Waals surface area contributed by atoms with Crippen LogP contribution in [0, 0.1) is 11.7 Å². The minimum atomic E-state index is -0.0810. The number of benzene rings is 2. The van der Waals surface area contributed by atoms with E-state index in [2.05, 4.69) is 15.5 Å². The molecule has 3 aromatic rings. The Hall–Kier alpha value is -2.77. The number of aromatic nitrogens is 3. The van der Waals surface area contributed by atoms with Gasteiger partial charge in [-0.05, 0) is 36.8 Å². The molecule has 6 nitrogen and oxygen atoms in total. The van der Waals surface area contributed by atoms with E-state index in [1.807, 2.05) is 60.0 Å². The van der Waals surface area contributed by atoms with E-state index in [4.69, 9.17) is 17.0 Å². The third-order valence-electron chi connectivity index (χ3n) is 4.15. The Morgan fingerprint density at radius 3 is 2.78 bits per heavy atom. The van der Waals surface area contributed by atoms with E-state index in [1.165, 1.54) is 5.56 Å². The molecule has 0 aliphatic heterocycles. The standard InChI is InChI=1S/C20H22N4O2S/c1-14-6-8-16(9-7-14)19-22-23-20(27)24(19)11-10-18(25)21-17-5-3-4-15(12-17)13-26-2/h3-9,12H,10-11,13H2,1-2H3,(H,21,25)(H,23,27). The summed E-state index contributed by atoms with van der Waals surface area (Å²) in [6, 6.07) is 15.7. The van der Waals surface area contributed by atoms with Crippen molar-refractivity contribution in [2.45, 2.75) is 26.5 Å². The molecule has 1 heterocycles. The monoisotopic (exact) mass is 382 g/mol. The first-order valence-electron chi connectivity index (χ1n) is 8.67. The van der Waals surface area contributed by atoms with Crippen LogP contribution in [0.25, 0.3) is 11.4 Å². The van der Waals surface area contributed by atoms with Gasteiger partial charge in [0.15, 0.2) is 10.6 Å². The van der Waals surface area contributed by atoms with Crippen LogP contribution in [0.4, 0.5) is 5.69 Å². The Morgan fingerprint density at radius 1 is 1.26 bits per heavy atom. The molecule has 2 aromatic carbocycles. The highest BCUT2D eigenvalue weighted by Crippen LogP contribution is 2.18. The number of nitrogens with zero attached hydrogens (tertiary/aromatic N) is 2. The maximum absolute atomic E-state index is 12.4. The fraction of sp³-hybridized carbons (Fsp3) is 0.250. The lowest BCUT2D eigenvalue weighted by molar-refractivity contribution is -0.116. The van der Waals surface area contributed by atoms with E-state index in [0.717, 1.165) is 22.6 Å². The number of aromatic amines is 1. The van der Waals surface area contributed by atoms with Crippen molar-refractivity contribution in [3.63, 3.8) is 0 Å². The summed E-state index contributed by atoms with van der Waals surface area (Å²) in [6.45, 7) is 2.99. The van der Waals surface area contributed by atoms with Crippen molar-refractivity contribution in [1.29, 1.82) is 0 Å². The SMILES string of the molecule is COCc1cccc(NC(=O)CCn2c(-c3ccc(C)cc3)n[nH]c2=S)c1. The molecule has 0 fully saturated rings. The van der Waals surface area contributed by atoms with E-state index in [-0.39, 0.29) is 5.91 Å². The minimum absolute atomic E-state index is 0.0810. The van der Waals surface area contributed by atoms with Crippen molar-refractivity contribution >= 4 is 23.8 Å². The predicted octanol–water partition coefficient (Wildman–Crippen LogP) is 4.09. The molecular weight excluding hydrogens is 360 g/mol. The van der Waals surface area contributed by atoms with E-state index in [9.17, 15) is 4.79 Å². The fourth-order valence-electron chi connectivity index (χ4n) is 2.79. The van der Waals surface area contributed by atoms with Gasteiger partial charge in [-0.2, -0.15) is 5.10 Å². The second-order valence-electron chi connectivity index (χ2n) is 6.30. The first-order chi connectivity index (χ1) is 13.1. The minimum Gasteiger partial charge on any atom is -0.380 e. The summed E-state index contributed by atoms with van der Waals surface area (Å²) >= 11 is 5.33. The lowest BCUT2D eigenvalue weighted by Crippen LogP contribution is -2.15. The summed E-state index contributed by atoms with van der Waals surface area (Å²) in [5.41, 5.74) is 3.90. The van der Waals surface area contributed by atoms with Gasteiger partial charge in [0.2, 0.25) is 5.91 Å². The summed E-state index contributed by atoms with van der Waals surface area (Å²) in [6.07, 6.45) is 0.293. The van der Waals surface area contributed by atoms with Gasteiger partial charge >= 0.3 is 0 Å². The molecule has 0 unspecified atom stereocenters. The molecule has 2 N–H and O–H groups in total. The van der Waals surface area contributed by atoms with Crippen LogP contribution in [-0.4, -0.2) is 27.8 Å². The van der Waals surface area contributed by atoms with E-state index in [1.54, 1.807) is 7.11 Å². The molecule has 27 heavy (non-hydrogen) atoms. The molecule has 140 valence electrons. The van der Waals surface area contributed by atoms with Gasteiger partial charge in [0, 0.05) is 31.3 Å². The number of carbonyl (C=O) groups is 1. The Morgan fingerprint density at radius 2 is 2.04 bits per heavy atom. The van der Waals surface area contributed by atoms with Crippen LogP contribution in [0.2, 0.25) is 0 Å². The maximum atomic E-state index is 12.4. The Bertz CT molecular complexity index is 976. The fourth-order valence-corrected chi connectivity index (χ4v) is 3.01. The summed E-state index contributed by atoms with van der Waals surface area (Å²) < 4.78 is 7.47. The zero-order chi connectivity index (χ0) is 19.2. The van der Waals surface area contributed by atoms with Crippen LogP contribution in [-0.2, 0) is 22.7 Å². The largest absolute Gasteiger partial charge is 0.380 e. The second kappa shape index (κ2) is 8.75. The van der Waals surface area contributed by atoms with E-state index < -0.39 is 0 Å². The molecule has 0 bridgehead atoms. The molecule has 0 aliphatic rings. The van der Waals surface area contributed by atoms with Gasteiger partial charge in [0.1, 0.15) is 0 Å². The molecule has 0 saturated heterocycles. The van der Waals surface area contributed by atoms with E-state index >= 15 is 0 Å². The van der Waals surface area contributed by atoms with Crippen molar-refractivity contribution in [2.24, 2.45) is 0 Å². The van der Waals surface area contributed by atoms with Crippen molar-refractivity contribution in [1.82, 2.24) is 14.8 Å². The number of anilines is 1. The summed E-state index contributed by atoms with van der Waals surface area (Å²) in [5, 5.41) is 10.0. The summed E-state index contributed by atoms with van der Waals surface area (Å²) in [5.74, 6) is 0.650. The van der Waals surface area contributed by atoms with Gasteiger partial charge in [-0.25, -0.2) is 0 Å². The van der Waals surface area contributed by atoms with Gasteiger partial charge < -0.3 is 10.1 Å². The molecule has 0 atom stereocenters. The molecule has 0 spiro atoms. The van der Waals surface area contributed by atoms with Crippen molar-refractivity contribution in [2.75, 3.05) is 12.4 Å². The number of H-pyrrole nitrogens is 1. The zero-order valence-electron chi connectivity index (χ0n) is 15.4. The van der Waals surface area contributed by atoms with Crippen LogP contribution in [0.3, 0.4) is 0 Å². The number of rotatable bonds is 7. The average molecular weight is 382 g/mol. The van der Waals surface area contributed by atoms with Crippen LogP contribution < -0.4 is 5.32 Å². The molecule has 7 heteroatoms. The normalized spacial score (nSPS) is 10.7. The van der Waals surface area contributed by atoms with Crippen LogP contribution >= 0.6 is 12.2 Å². The first kappa shape index (κ1) is 19.0. The molecular formula is C20H22N4O2S. The molecule has 0 aliphatic carbocycles. The molecule has 0 radical (unpaired) electrons.